The van der Waals surface area contributed by atoms with Crippen LogP contribution >= 0.6 is 0 Å². The molecule has 0 fully saturated rings. The zero-order valence-corrected chi connectivity index (χ0v) is 16.6. The van der Waals surface area contributed by atoms with Crippen molar-refractivity contribution in [3.63, 3.8) is 0 Å². The van der Waals surface area contributed by atoms with Gasteiger partial charge in [0.1, 0.15) is 24.8 Å². The number of hydrogen-bond donors (Lipinski definition) is 0. The third kappa shape index (κ3) is 4.53. The fourth-order valence-corrected chi connectivity index (χ4v) is 3.23. The molecular weight excluding hydrogens is 332 g/mol. The van der Waals surface area contributed by atoms with Crippen molar-refractivity contribution in [3.8, 4) is 11.4 Å². The van der Waals surface area contributed by atoms with E-state index in [2.05, 4.69) is 126 Å². The Morgan fingerprint density at radius 3 is 1.78 bits per heavy atom. The minimum Gasteiger partial charge on any atom is -0.237 e. The van der Waals surface area contributed by atoms with E-state index in [1.165, 1.54) is 22.8 Å². The second kappa shape index (κ2) is 8.49. The topological polar surface area (TPSA) is 17.6 Å². The number of aryl methyl sites for hydroxylation is 4. The molecule has 0 saturated carbocycles. The zero-order valence-electron chi connectivity index (χ0n) is 16.6. The van der Waals surface area contributed by atoms with Gasteiger partial charge in [-0.2, -0.15) is 0 Å². The predicted molar refractivity (Wildman–Crippen MR) is 108 cm³/mol. The Balaban J connectivity index is 0.000000156. The summed E-state index contributed by atoms with van der Waals surface area (Å²) in [4.78, 5) is 0. The molecule has 2 aromatic carbocycles. The van der Waals surface area contributed by atoms with Gasteiger partial charge in [0, 0.05) is 0 Å². The molecule has 4 heteroatoms. The van der Waals surface area contributed by atoms with E-state index in [1.807, 2.05) is 6.07 Å². The third-order valence-electron chi connectivity index (χ3n) is 4.75. The summed E-state index contributed by atoms with van der Waals surface area (Å²) in [6.45, 7) is 0. The quantitative estimate of drug-likeness (QED) is 0.500. The maximum absolute atomic E-state index is 2.16. The summed E-state index contributed by atoms with van der Waals surface area (Å²) in [5.74, 6) is 2.54. The minimum atomic E-state index is 0.987. The first kappa shape index (κ1) is 18.6. The smallest absolute Gasteiger partial charge is 0.237 e. The van der Waals surface area contributed by atoms with Crippen molar-refractivity contribution in [2.75, 3.05) is 0 Å². The van der Waals surface area contributed by atoms with E-state index < -0.39 is 0 Å². The summed E-state index contributed by atoms with van der Waals surface area (Å²) >= 11 is 0. The lowest BCUT2D eigenvalue weighted by molar-refractivity contribution is -0.678. The fraction of sp³-hybridized carbons (Fsp3) is 0.217. The Labute approximate surface area is 161 Å². The summed E-state index contributed by atoms with van der Waals surface area (Å²) in [5.41, 5.74) is 2.60. The number of nitrogens with zero attached hydrogens (tertiary/aromatic N) is 4. The molecule has 4 aromatic rings. The van der Waals surface area contributed by atoms with Crippen molar-refractivity contribution < 1.29 is 9.13 Å². The van der Waals surface area contributed by atoms with Crippen LogP contribution in [0, 0.1) is 0 Å². The highest BCUT2D eigenvalue weighted by atomic mass is 15.1. The summed E-state index contributed by atoms with van der Waals surface area (Å²) < 4.78 is 8.56. The highest BCUT2D eigenvalue weighted by Gasteiger charge is 2.12. The van der Waals surface area contributed by atoms with Crippen LogP contribution < -0.4 is 9.13 Å². The number of benzene rings is 2. The molecule has 0 bridgehead atoms. The molecule has 2 heterocycles. The van der Waals surface area contributed by atoms with Crippen LogP contribution in [0.2, 0.25) is 0 Å². The largest absolute Gasteiger partial charge is 0.288 e. The van der Waals surface area contributed by atoms with Crippen molar-refractivity contribution >= 4 is 0 Å². The SMILES string of the molecule is Cn1cc[n+](C)c1-c1ccccc1.Cn1cc[n+](C)c1Cc1ccccc1. The van der Waals surface area contributed by atoms with Crippen LogP contribution in [-0.4, -0.2) is 9.13 Å². The molecule has 0 aliphatic carbocycles. The van der Waals surface area contributed by atoms with Crippen molar-refractivity contribution in [2.45, 2.75) is 6.42 Å². The van der Waals surface area contributed by atoms with Gasteiger partial charge in [0.2, 0.25) is 0 Å². The molecule has 0 aliphatic rings. The van der Waals surface area contributed by atoms with Crippen molar-refractivity contribution in [3.05, 3.63) is 96.8 Å². The molecule has 138 valence electrons. The number of rotatable bonds is 3. The third-order valence-corrected chi connectivity index (χ3v) is 4.75. The zero-order chi connectivity index (χ0) is 19.2. The van der Waals surface area contributed by atoms with Crippen molar-refractivity contribution in [2.24, 2.45) is 28.2 Å². The van der Waals surface area contributed by atoms with Crippen LogP contribution in [0.4, 0.5) is 0 Å². The van der Waals surface area contributed by atoms with Gasteiger partial charge in [0.15, 0.2) is 0 Å². The maximum Gasteiger partial charge on any atom is 0.288 e. The lowest BCUT2D eigenvalue weighted by Gasteiger charge is -1.98. The van der Waals surface area contributed by atoms with Crippen molar-refractivity contribution in [1.82, 2.24) is 9.13 Å². The van der Waals surface area contributed by atoms with Crippen LogP contribution in [0.1, 0.15) is 11.4 Å². The van der Waals surface area contributed by atoms with Crippen LogP contribution in [0.5, 0.6) is 0 Å². The lowest BCUT2D eigenvalue weighted by atomic mass is 10.1. The molecule has 0 aliphatic heterocycles. The molecule has 0 saturated heterocycles. The van der Waals surface area contributed by atoms with E-state index in [4.69, 9.17) is 0 Å². The Bertz CT molecular complexity index is 943. The monoisotopic (exact) mass is 360 g/mol. The molecule has 0 spiro atoms. The van der Waals surface area contributed by atoms with Crippen LogP contribution in [0.3, 0.4) is 0 Å². The first-order valence-corrected chi connectivity index (χ1v) is 9.16. The summed E-state index contributed by atoms with van der Waals surface area (Å²) in [6, 6.07) is 20.9. The second-order valence-electron chi connectivity index (χ2n) is 6.81. The number of imidazole rings is 2. The maximum atomic E-state index is 2.16. The molecule has 0 amide bonds. The van der Waals surface area contributed by atoms with E-state index in [0.717, 1.165) is 6.42 Å². The molecule has 0 atom stereocenters. The van der Waals surface area contributed by atoms with E-state index in [-0.39, 0.29) is 0 Å². The molecule has 2 aromatic heterocycles. The average molecular weight is 361 g/mol. The van der Waals surface area contributed by atoms with Crippen LogP contribution in [0.25, 0.3) is 11.4 Å². The number of aromatic nitrogens is 4. The summed E-state index contributed by atoms with van der Waals surface area (Å²) in [5, 5.41) is 0. The van der Waals surface area contributed by atoms with Gasteiger partial charge in [-0.3, -0.25) is 0 Å². The molecule has 4 rings (SSSR count). The predicted octanol–water partition coefficient (Wildman–Crippen LogP) is 2.96. The first-order chi connectivity index (χ1) is 13.1. The normalized spacial score (nSPS) is 10.4. The second-order valence-corrected chi connectivity index (χ2v) is 6.81. The van der Waals surface area contributed by atoms with E-state index in [9.17, 15) is 0 Å². The first-order valence-electron chi connectivity index (χ1n) is 9.16. The minimum absolute atomic E-state index is 0.987. The van der Waals surface area contributed by atoms with Gasteiger partial charge in [0.25, 0.3) is 11.6 Å². The summed E-state index contributed by atoms with van der Waals surface area (Å²) in [6.07, 6.45) is 9.27. The van der Waals surface area contributed by atoms with Crippen LogP contribution in [-0.2, 0) is 34.6 Å². The van der Waals surface area contributed by atoms with E-state index in [1.54, 1.807) is 0 Å². The average Bonchev–Trinajstić information content (AvgIpc) is 3.19. The fourth-order valence-electron chi connectivity index (χ4n) is 3.23. The molecular formula is C23H28N4+2. The van der Waals surface area contributed by atoms with Gasteiger partial charge in [-0.25, -0.2) is 18.3 Å². The molecule has 0 N–H and O–H groups in total. The van der Waals surface area contributed by atoms with E-state index >= 15 is 0 Å². The Hall–Kier alpha value is -3.14. The van der Waals surface area contributed by atoms with Gasteiger partial charge in [-0.05, 0) is 17.7 Å². The highest BCUT2D eigenvalue weighted by Crippen LogP contribution is 2.13. The Morgan fingerprint density at radius 1 is 0.704 bits per heavy atom. The van der Waals surface area contributed by atoms with E-state index in [0.29, 0.717) is 0 Å². The van der Waals surface area contributed by atoms with Gasteiger partial charge in [-0.1, -0.05) is 48.5 Å². The Kier molecular flexibility index (Phi) is 5.87. The van der Waals surface area contributed by atoms with Gasteiger partial charge >= 0.3 is 0 Å². The molecule has 0 unspecified atom stereocenters. The van der Waals surface area contributed by atoms with Gasteiger partial charge in [-0.15, -0.1) is 0 Å². The standard InChI is InChI=1S/C12H15N2.C11H13N2/c1-13-8-9-14(2)12(13)10-11-6-4-3-5-7-11;1-12-8-9-13(2)11(12)10-6-4-3-5-7-10/h3-9H,10H2,1-2H3;3-9H,1-2H3/q2*+1. The molecule has 27 heavy (non-hydrogen) atoms. The van der Waals surface area contributed by atoms with Gasteiger partial charge in [0.05, 0.1) is 40.2 Å². The van der Waals surface area contributed by atoms with Gasteiger partial charge < -0.3 is 0 Å². The Morgan fingerprint density at radius 2 is 1.26 bits per heavy atom. The van der Waals surface area contributed by atoms with Crippen molar-refractivity contribution in [1.29, 1.82) is 0 Å². The molecule has 4 nitrogen and oxygen atoms in total. The lowest BCUT2D eigenvalue weighted by Crippen LogP contribution is -2.31. The summed E-state index contributed by atoms with van der Waals surface area (Å²) in [7, 11) is 8.28. The molecule has 0 radical (unpaired) electrons. The number of hydrogen-bond acceptors (Lipinski definition) is 0. The van der Waals surface area contributed by atoms with Crippen LogP contribution in [0.15, 0.2) is 85.5 Å². The highest BCUT2D eigenvalue weighted by molar-refractivity contribution is 5.51.